The van der Waals surface area contributed by atoms with Gasteiger partial charge < -0.3 is 15.4 Å². The Morgan fingerprint density at radius 2 is 2.08 bits per heavy atom. The van der Waals surface area contributed by atoms with Crippen LogP contribution in [0, 0.1) is 11.3 Å². The Morgan fingerprint density at radius 3 is 2.83 bits per heavy atom. The lowest BCUT2D eigenvalue weighted by molar-refractivity contribution is -0.124. The molecule has 1 aliphatic carbocycles. The van der Waals surface area contributed by atoms with E-state index >= 15 is 0 Å². The van der Waals surface area contributed by atoms with E-state index in [0.29, 0.717) is 31.0 Å². The number of hydrogen-bond acceptors (Lipinski definition) is 3. The molecule has 2 fully saturated rings. The zero-order valence-corrected chi connectivity index (χ0v) is 15.0. The zero-order chi connectivity index (χ0) is 17.2. The molecule has 2 N–H and O–H groups in total. The van der Waals surface area contributed by atoms with E-state index in [2.05, 4.69) is 43.5 Å². The standard InChI is InChI=1S/C20H30N2O2/c1-14(22-18-16-10-12-24-19(16)20(18,2)3)13-17(23)21-11-9-15-7-5-4-6-8-15/h4-8,14,16,18-19,22H,9-13H2,1-3H3,(H,21,23)/t14-,16-,18-,19-/m1/s1. The summed E-state index contributed by atoms with van der Waals surface area (Å²) in [6.07, 6.45) is 2.94. The second-order valence-electron chi connectivity index (χ2n) is 7.90. The van der Waals surface area contributed by atoms with Crippen LogP contribution in [-0.2, 0) is 16.0 Å². The highest BCUT2D eigenvalue weighted by Gasteiger charge is 2.59. The summed E-state index contributed by atoms with van der Waals surface area (Å²) in [5, 5.41) is 6.71. The van der Waals surface area contributed by atoms with E-state index in [-0.39, 0.29) is 17.4 Å². The van der Waals surface area contributed by atoms with Crippen molar-refractivity contribution in [3.8, 4) is 0 Å². The van der Waals surface area contributed by atoms with Crippen molar-refractivity contribution < 1.29 is 9.53 Å². The maximum absolute atomic E-state index is 12.1. The molecule has 1 amide bonds. The highest BCUT2D eigenvalue weighted by Crippen LogP contribution is 2.52. The summed E-state index contributed by atoms with van der Waals surface area (Å²) in [6.45, 7) is 8.22. The maximum atomic E-state index is 12.1. The van der Waals surface area contributed by atoms with E-state index in [4.69, 9.17) is 4.74 Å². The molecule has 0 bridgehead atoms. The molecule has 24 heavy (non-hydrogen) atoms. The normalized spacial score (nSPS) is 28.7. The Labute approximate surface area is 145 Å². The van der Waals surface area contributed by atoms with Crippen LogP contribution in [0.25, 0.3) is 0 Å². The van der Waals surface area contributed by atoms with Crippen LogP contribution in [0.3, 0.4) is 0 Å². The molecule has 1 saturated carbocycles. The zero-order valence-electron chi connectivity index (χ0n) is 15.0. The molecule has 132 valence electrons. The van der Waals surface area contributed by atoms with Crippen LogP contribution in [0.15, 0.2) is 30.3 Å². The van der Waals surface area contributed by atoms with E-state index in [1.54, 1.807) is 0 Å². The van der Waals surface area contributed by atoms with Crippen molar-refractivity contribution in [1.82, 2.24) is 10.6 Å². The molecule has 0 unspecified atom stereocenters. The third kappa shape index (κ3) is 3.65. The number of carbonyl (C=O) groups excluding carboxylic acids is 1. The molecule has 0 aromatic heterocycles. The second kappa shape index (κ2) is 7.24. The molecule has 0 spiro atoms. The molecule has 3 rings (SSSR count). The van der Waals surface area contributed by atoms with Crippen molar-refractivity contribution in [1.29, 1.82) is 0 Å². The van der Waals surface area contributed by atoms with Crippen LogP contribution in [-0.4, -0.2) is 37.2 Å². The number of fused-ring (bicyclic) bond motifs is 1. The van der Waals surface area contributed by atoms with Crippen molar-refractivity contribution in [2.24, 2.45) is 11.3 Å². The van der Waals surface area contributed by atoms with E-state index < -0.39 is 0 Å². The average molecular weight is 330 g/mol. The topological polar surface area (TPSA) is 50.4 Å². The molecule has 1 aromatic rings. The summed E-state index contributed by atoms with van der Waals surface area (Å²) in [7, 11) is 0. The molecule has 0 radical (unpaired) electrons. The van der Waals surface area contributed by atoms with Crippen molar-refractivity contribution >= 4 is 5.91 Å². The van der Waals surface area contributed by atoms with Gasteiger partial charge in [0.2, 0.25) is 5.91 Å². The summed E-state index contributed by atoms with van der Waals surface area (Å²) in [5.74, 6) is 0.742. The van der Waals surface area contributed by atoms with Crippen LogP contribution < -0.4 is 10.6 Å². The molecular weight excluding hydrogens is 300 g/mol. The van der Waals surface area contributed by atoms with Crippen LogP contribution >= 0.6 is 0 Å². The molecule has 4 nitrogen and oxygen atoms in total. The molecule has 2 aliphatic rings. The fourth-order valence-electron chi connectivity index (χ4n) is 4.37. The first kappa shape index (κ1) is 17.4. The van der Waals surface area contributed by atoms with E-state index in [1.807, 2.05) is 18.2 Å². The average Bonchev–Trinajstić information content (AvgIpc) is 3.01. The van der Waals surface area contributed by atoms with Gasteiger partial charge in [-0.25, -0.2) is 0 Å². The monoisotopic (exact) mass is 330 g/mol. The smallest absolute Gasteiger partial charge is 0.221 e. The number of nitrogens with one attached hydrogen (secondary N) is 2. The highest BCUT2D eigenvalue weighted by atomic mass is 16.5. The van der Waals surface area contributed by atoms with Crippen molar-refractivity contribution in [2.75, 3.05) is 13.2 Å². The van der Waals surface area contributed by atoms with Crippen molar-refractivity contribution in [3.63, 3.8) is 0 Å². The Balaban J connectivity index is 1.38. The number of carbonyl (C=O) groups is 1. The Hall–Kier alpha value is -1.39. The molecule has 4 heteroatoms. The Kier molecular flexibility index (Phi) is 5.26. The van der Waals surface area contributed by atoms with E-state index in [1.165, 1.54) is 5.56 Å². The lowest BCUT2D eigenvalue weighted by atomic mass is 9.57. The molecule has 1 heterocycles. The fraction of sp³-hybridized carbons (Fsp3) is 0.650. The maximum Gasteiger partial charge on any atom is 0.221 e. The first-order chi connectivity index (χ1) is 11.5. The SMILES string of the molecule is C[C@H](CC(=O)NCCc1ccccc1)N[C@@H]1[C@H]2CCO[C@H]2C1(C)C. The summed E-state index contributed by atoms with van der Waals surface area (Å²) in [6, 6.07) is 10.9. The second-order valence-corrected chi connectivity index (χ2v) is 7.90. The van der Waals surface area contributed by atoms with Gasteiger partial charge in [0.15, 0.2) is 0 Å². The van der Waals surface area contributed by atoms with Gasteiger partial charge in [0.25, 0.3) is 0 Å². The Bertz CT molecular complexity index is 558. The minimum absolute atomic E-state index is 0.127. The van der Waals surface area contributed by atoms with Crippen LogP contribution in [0.4, 0.5) is 0 Å². The molecular formula is C20H30N2O2. The van der Waals surface area contributed by atoms with Crippen molar-refractivity contribution in [3.05, 3.63) is 35.9 Å². The molecule has 1 aromatic carbocycles. The summed E-state index contributed by atoms with van der Waals surface area (Å²) >= 11 is 0. The van der Waals surface area contributed by atoms with Gasteiger partial charge in [-0.1, -0.05) is 44.2 Å². The predicted octanol–water partition coefficient (Wildman–Crippen LogP) is 2.53. The van der Waals surface area contributed by atoms with Gasteiger partial charge >= 0.3 is 0 Å². The van der Waals surface area contributed by atoms with Gasteiger partial charge in [-0.05, 0) is 25.3 Å². The van der Waals surface area contributed by atoms with Gasteiger partial charge in [-0.3, -0.25) is 4.79 Å². The third-order valence-corrected chi connectivity index (χ3v) is 5.63. The van der Waals surface area contributed by atoms with Crippen LogP contribution in [0.2, 0.25) is 0 Å². The molecule has 4 atom stereocenters. The number of ether oxygens (including phenoxy) is 1. The third-order valence-electron chi connectivity index (χ3n) is 5.63. The van der Waals surface area contributed by atoms with Gasteiger partial charge in [0.05, 0.1) is 6.10 Å². The van der Waals surface area contributed by atoms with Gasteiger partial charge in [0, 0.05) is 43.0 Å². The van der Waals surface area contributed by atoms with Crippen molar-refractivity contribution in [2.45, 2.75) is 58.2 Å². The largest absolute Gasteiger partial charge is 0.377 e. The summed E-state index contributed by atoms with van der Waals surface area (Å²) < 4.78 is 5.84. The quantitative estimate of drug-likeness (QED) is 0.808. The Morgan fingerprint density at radius 1 is 1.33 bits per heavy atom. The van der Waals surface area contributed by atoms with E-state index in [9.17, 15) is 4.79 Å². The lowest BCUT2D eigenvalue weighted by Crippen LogP contribution is -2.67. The number of benzene rings is 1. The minimum Gasteiger partial charge on any atom is -0.377 e. The van der Waals surface area contributed by atoms with Gasteiger partial charge in [-0.15, -0.1) is 0 Å². The minimum atomic E-state index is 0.127. The first-order valence-electron chi connectivity index (χ1n) is 9.17. The number of hydrogen-bond donors (Lipinski definition) is 2. The highest BCUT2D eigenvalue weighted by molar-refractivity contribution is 5.76. The van der Waals surface area contributed by atoms with Crippen LogP contribution in [0.1, 0.15) is 39.2 Å². The van der Waals surface area contributed by atoms with Crippen LogP contribution in [0.5, 0.6) is 0 Å². The fourth-order valence-corrected chi connectivity index (χ4v) is 4.37. The molecule has 1 saturated heterocycles. The summed E-state index contributed by atoms with van der Waals surface area (Å²) in [4.78, 5) is 12.1. The number of amides is 1. The van der Waals surface area contributed by atoms with Gasteiger partial charge in [0.1, 0.15) is 0 Å². The lowest BCUT2D eigenvalue weighted by Gasteiger charge is -2.55. The molecule has 1 aliphatic heterocycles. The van der Waals surface area contributed by atoms with E-state index in [0.717, 1.165) is 19.4 Å². The predicted molar refractivity (Wildman–Crippen MR) is 95.8 cm³/mol. The summed E-state index contributed by atoms with van der Waals surface area (Å²) in [5.41, 5.74) is 1.42. The van der Waals surface area contributed by atoms with Gasteiger partial charge in [-0.2, -0.15) is 0 Å². The number of rotatable bonds is 7. The first-order valence-corrected chi connectivity index (χ1v) is 9.17.